The summed E-state index contributed by atoms with van der Waals surface area (Å²) in [6, 6.07) is 20.3. The summed E-state index contributed by atoms with van der Waals surface area (Å²) in [5.41, 5.74) is 13.2. The number of guanidine groups is 2. The van der Waals surface area contributed by atoms with E-state index in [1.165, 1.54) is 24.6 Å². The van der Waals surface area contributed by atoms with E-state index in [9.17, 15) is 20.2 Å². The first-order valence-electron chi connectivity index (χ1n) is 13.7. The van der Waals surface area contributed by atoms with Gasteiger partial charge in [0, 0.05) is 48.3 Å². The van der Waals surface area contributed by atoms with Crippen molar-refractivity contribution < 1.29 is 29.6 Å². The van der Waals surface area contributed by atoms with Gasteiger partial charge in [-0.05, 0) is 60.7 Å². The maximum absolute atomic E-state index is 11.1. The standard InChI is InChI=1S/2C14H14N6O2.C2H2O4/c2*15-14(18-16)17-9-3-5-11-6-4-10-19(11)12-7-1-2-8-13(12)20(21)22;3-1(4)2(5)6/h2*1-10H,16H2,(H2,15,18);(H,3,4)(H,5,6). The second kappa shape index (κ2) is 19.6. The Balaban J connectivity index is 0.000000299. The lowest BCUT2D eigenvalue weighted by atomic mass is 10.2. The van der Waals surface area contributed by atoms with Crippen molar-refractivity contribution in [3.8, 4) is 11.4 Å². The van der Waals surface area contributed by atoms with Crippen LogP contribution >= 0.6 is 0 Å². The first-order chi connectivity index (χ1) is 23.9. The Bertz CT molecular complexity index is 1850. The molecular weight excluding hydrogens is 656 g/mol. The number of allylic oxidation sites excluding steroid dienone is 2. The van der Waals surface area contributed by atoms with E-state index < -0.39 is 21.8 Å². The molecule has 2 aromatic carbocycles. The number of carbonyl (C=O) groups is 2. The molecule has 0 atom stereocenters. The Hall–Kier alpha value is -7.90. The number of benzene rings is 2. The van der Waals surface area contributed by atoms with Crippen LogP contribution < -0.4 is 23.2 Å². The normalized spacial score (nSPS) is 11.7. The monoisotopic (exact) mass is 686 g/mol. The lowest BCUT2D eigenvalue weighted by molar-refractivity contribution is -0.384. The molecule has 20 nitrogen and oxygen atoms in total. The van der Waals surface area contributed by atoms with Crippen LogP contribution in [-0.4, -0.2) is 65.5 Å². The number of rotatable bonds is 8. The molecular formula is C30H30N12O8. The molecule has 0 spiro atoms. The number of nitrogens with zero attached hydrogens (tertiary/aromatic N) is 8. The van der Waals surface area contributed by atoms with Crippen molar-refractivity contribution in [3.05, 3.63) is 129 Å². The van der Waals surface area contributed by atoms with E-state index in [4.69, 9.17) is 43.0 Å². The molecule has 10 N–H and O–H groups in total. The minimum absolute atomic E-state index is 0.0292. The first-order valence-corrected chi connectivity index (χ1v) is 13.7. The number of para-hydroxylation sites is 4. The molecule has 258 valence electrons. The number of hydrazone groups is 2. The molecule has 0 amide bonds. The lowest BCUT2D eigenvalue weighted by Gasteiger charge is -2.06. The highest BCUT2D eigenvalue weighted by Crippen LogP contribution is 2.25. The summed E-state index contributed by atoms with van der Waals surface area (Å²) in [4.78, 5) is 47.1. The number of aromatic nitrogens is 2. The van der Waals surface area contributed by atoms with E-state index in [1.807, 2.05) is 12.1 Å². The Morgan fingerprint density at radius 2 is 1.00 bits per heavy atom. The fraction of sp³-hybridized carbons (Fsp3) is 0. The molecule has 0 radical (unpaired) electrons. The predicted molar refractivity (Wildman–Crippen MR) is 187 cm³/mol. The van der Waals surface area contributed by atoms with E-state index in [0.717, 1.165) is 11.4 Å². The summed E-state index contributed by atoms with van der Waals surface area (Å²) < 4.78 is 3.42. The van der Waals surface area contributed by atoms with Crippen LogP contribution in [0.4, 0.5) is 11.4 Å². The summed E-state index contributed by atoms with van der Waals surface area (Å²) in [7, 11) is 0. The summed E-state index contributed by atoms with van der Waals surface area (Å²) in [6.45, 7) is 0. The highest BCUT2D eigenvalue weighted by Gasteiger charge is 2.16. The van der Waals surface area contributed by atoms with Crippen LogP contribution in [0.3, 0.4) is 0 Å². The molecule has 0 saturated carbocycles. The van der Waals surface area contributed by atoms with E-state index >= 15 is 0 Å². The second-order valence-corrected chi connectivity index (χ2v) is 8.96. The van der Waals surface area contributed by atoms with Crippen LogP contribution in [-0.2, 0) is 9.59 Å². The largest absolute Gasteiger partial charge is 0.473 e. The van der Waals surface area contributed by atoms with E-state index in [0.29, 0.717) is 11.4 Å². The molecule has 20 heteroatoms. The van der Waals surface area contributed by atoms with Crippen molar-refractivity contribution in [1.29, 1.82) is 0 Å². The van der Waals surface area contributed by atoms with Gasteiger partial charge in [0.15, 0.2) is 0 Å². The fourth-order valence-corrected chi connectivity index (χ4v) is 3.73. The predicted octanol–water partition coefficient (Wildman–Crippen LogP) is 2.47. The molecule has 0 aliphatic rings. The van der Waals surface area contributed by atoms with Crippen molar-refractivity contribution >= 4 is 59.8 Å². The van der Waals surface area contributed by atoms with Crippen LogP contribution in [0, 0.1) is 20.2 Å². The van der Waals surface area contributed by atoms with Gasteiger partial charge < -0.3 is 42.5 Å². The summed E-state index contributed by atoms with van der Waals surface area (Å²) >= 11 is 0. The highest BCUT2D eigenvalue weighted by molar-refractivity contribution is 6.27. The zero-order chi connectivity index (χ0) is 37.1. The van der Waals surface area contributed by atoms with Crippen LogP contribution in [0.2, 0.25) is 0 Å². The number of hydrogen-bond donors (Lipinski definition) is 6. The number of hydrogen-bond acceptors (Lipinski definition) is 10. The third-order valence-electron chi connectivity index (χ3n) is 5.80. The number of aliphatic carboxylic acids is 2. The van der Waals surface area contributed by atoms with E-state index in [2.05, 4.69) is 20.2 Å². The quantitative estimate of drug-likeness (QED) is 0.0389. The van der Waals surface area contributed by atoms with Gasteiger partial charge >= 0.3 is 11.9 Å². The SMILES string of the molecule is NN=C(N)N=CC=Cc1cccn1-c1ccccc1[N+](=O)[O-].NN=C(N)N=CC=Cc1cccn1-c1ccccc1[N+](=O)[O-].O=C(O)C(=O)O. The van der Waals surface area contributed by atoms with Crippen LogP contribution in [0.5, 0.6) is 0 Å². The van der Waals surface area contributed by atoms with Gasteiger partial charge in [0.2, 0.25) is 11.9 Å². The smallest absolute Gasteiger partial charge is 0.414 e. The first kappa shape index (κ1) is 38.3. The molecule has 0 aliphatic carbocycles. The maximum atomic E-state index is 11.1. The van der Waals surface area contributed by atoms with Gasteiger partial charge in [-0.1, -0.05) is 24.3 Å². The third-order valence-corrected chi connectivity index (χ3v) is 5.80. The number of carboxylic acids is 2. The average Bonchev–Trinajstić information content (AvgIpc) is 3.78. The van der Waals surface area contributed by atoms with Gasteiger partial charge in [-0.15, -0.1) is 10.2 Å². The molecule has 0 fully saturated rings. The minimum atomic E-state index is -1.82. The molecule has 2 aromatic heterocycles. The van der Waals surface area contributed by atoms with Gasteiger partial charge in [0.25, 0.3) is 11.4 Å². The zero-order valence-corrected chi connectivity index (χ0v) is 25.8. The highest BCUT2D eigenvalue weighted by atomic mass is 16.6. The third kappa shape index (κ3) is 11.8. The fourth-order valence-electron chi connectivity index (χ4n) is 3.73. The Morgan fingerprint density at radius 1 is 0.640 bits per heavy atom. The summed E-state index contributed by atoms with van der Waals surface area (Å²) in [5.74, 6) is 6.17. The van der Waals surface area contributed by atoms with Crippen molar-refractivity contribution in [1.82, 2.24) is 9.13 Å². The number of carboxylic acid groups (broad SMARTS) is 2. The summed E-state index contributed by atoms with van der Waals surface area (Å²) in [6.07, 6.45) is 13.1. The number of nitro groups is 2. The Morgan fingerprint density at radius 3 is 1.32 bits per heavy atom. The van der Waals surface area contributed by atoms with Crippen molar-refractivity contribution in [2.75, 3.05) is 0 Å². The Kier molecular flexibility index (Phi) is 15.0. The van der Waals surface area contributed by atoms with Gasteiger partial charge in [-0.3, -0.25) is 20.2 Å². The minimum Gasteiger partial charge on any atom is -0.473 e. The maximum Gasteiger partial charge on any atom is 0.414 e. The van der Waals surface area contributed by atoms with Crippen molar-refractivity contribution in [2.45, 2.75) is 0 Å². The summed E-state index contributed by atoms with van der Waals surface area (Å²) in [5, 5.41) is 43.4. The van der Waals surface area contributed by atoms with Gasteiger partial charge in [-0.25, -0.2) is 19.6 Å². The van der Waals surface area contributed by atoms with Gasteiger partial charge in [0.05, 0.1) is 9.85 Å². The van der Waals surface area contributed by atoms with Crippen LogP contribution in [0.15, 0.2) is 118 Å². The number of nitrogens with two attached hydrogens (primary N) is 4. The van der Waals surface area contributed by atoms with Crippen molar-refractivity contribution in [2.24, 2.45) is 43.3 Å². The van der Waals surface area contributed by atoms with Gasteiger partial charge in [0.1, 0.15) is 11.4 Å². The molecule has 50 heavy (non-hydrogen) atoms. The van der Waals surface area contributed by atoms with E-state index in [-0.39, 0.29) is 23.3 Å². The van der Waals surface area contributed by atoms with Gasteiger partial charge in [-0.2, -0.15) is 0 Å². The molecule has 0 bridgehead atoms. The number of aliphatic imine (C=N–C) groups is 2. The topological polar surface area (TPSA) is 324 Å². The average molecular weight is 687 g/mol. The zero-order valence-electron chi connectivity index (χ0n) is 25.8. The van der Waals surface area contributed by atoms with Crippen molar-refractivity contribution in [3.63, 3.8) is 0 Å². The molecule has 4 aromatic rings. The molecule has 0 saturated heterocycles. The van der Waals surface area contributed by atoms with E-state index in [1.54, 1.807) is 94.4 Å². The second-order valence-electron chi connectivity index (χ2n) is 8.96. The van der Waals surface area contributed by atoms with Crippen LogP contribution in [0.25, 0.3) is 23.5 Å². The van der Waals surface area contributed by atoms with Crippen LogP contribution in [0.1, 0.15) is 11.4 Å². The molecule has 4 rings (SSSR count). The molecule has 0 aliphatic heterocycles. The Labute approximate surface area is 282 Å². The number of nitro benzene ring substituents is 2. The lowest BCUT2D eigenvalue weighted by Crippen LogP contribution is -2.10. The molecule has 0 unspecified atom stereocenters. The molecule has 2 heterocycles.